The molecule has 0 aliphatic heterocycles. The van der Waals surface area contributed by atoms with Gasteiger partial charge >= 0.3 is 0 Å². The number of hydrogen-bond donors (Lipinski definition) is 1. The predicted octanol–water partition coefficient (Wildman–Crippen LogP) is 4.03. The second kappa shape index (κ2) is 8.52. The molecule has 0 radical (unpaired) electrons. The summed E-state index contributed by atoms with van der Waals surface area (Å²) >= 11 is 2.73. The van der Waals surface area contributed by atoms with Crippen LogP contribution in [-0.2, 0) is 15.8 Å². The van der Waals surface area contributed by atoms with E-state index in [4.69, 9.17) is 4.74 Å². The van der Waals surface area contributed by atoms with Gasteiger partial charge in [-0.05, 0) is 36.8 Å². The molecule has 3 aromatic rings. The molecule has 0 bridgehead atoms. The molecule has 0 unspecified atom stereocenters. The molecule has 26 heavy (non-hydrogen) atoms. The molecule has 0 saturated carbocycles. The molecule has 0 aliphatic carbocycles. The molecule has 1 aromatic heterocycles. The molecule has 6 nitrogen and oxygen atoms in total. The molecule has 1 heterocycles. The second-order valence-electron chi connectivity index (χ2n) is 5.16. The van der Waals surface area contributed by atoms with E-state index in [1.165, 1.54) is 40.8 Å². The molecule has 2 aromatic carbocycles. The van der Waals surface area contributed by atoms with Crippen LogP contribution in [-0.4, -0.2) is 25.2 Å². The highest BCUT2D eigenvalue weighted by molar-refractivity contribution is 8.00. The highest BCUT2D eigenvalue weighted by Gasteiger charge is 2.17. The van der Waals surface area contributed by atoms with Crippen LogP contribution in [0.4, 0.5) is 5.13 Å². The fourth-order valence-corrected chi connectivity index (χ4v) is 5.02. The van der Waals surface area contributed by atoms with Gasteiger partial charge in [-0.3, -0.25) is 4.72 Å². The van der Waals surface area contributed by atoms with Crippen LogP contribution in [0.3, 0.4) is 0 Å². The lowest BCUT2D eigenvalue weighted by Crippen LogP contribution is -2.12. The molecule has 136 valence electrons. The van der Waals surface area contributed by atoms with Crippen molar-refractivity contribution in [1.82, 2.24) is 10.2 Å². The minimum absolute atomic E-state index is 0.148. The van der Waals surface area contributed by atoms with Gasteiger partial charge in [-0.25, -0.2) is 8.42 Å². The maximum absolute atomic E-state index is 12.4. The van der Waals surface area contributed by atoms with Gasteiger partial charge in [0.15, 0.2) is 4.34 Å². The van der Waals surface area contributed by atoms with Crippen molar-refractivity contribution in [2.75, 3.05) is 11.3 Å². The minimum atomic E-state index is -3.71. The standard InChI is InChI=1S/C17H17N3O3S3/c1-2-23-14-8-10-15(11-9-14)26(21,22)20-16-18-19-17(25-16)24-12-13-6-4-3-5-7-13/h3-11H,2,12H2,1H3,(H,18,20). The van der Waals surface area contributed by atoms with E-state index in [-0.39, 0.29) is 10.0 Å². The van der Waals surface area contributed by atoms with Gasteiger partial charge in [0.2, 0.25) is 5.13 Å². The smallest absolute Gasteiger partial charge is 0.263 e. The quantitative estimate of drug-likeness (QED) is 0.568. The van der Waals surface area contributed by atoms with E-state index < -0.39 is 10.0 Å². The fraction of sp³-hybridized carbons (Fsp3) is 0.176. The van der Waals surface area contributed by atoms with E-state index in [2.05, 4.69) is 14.9 Å². The summed E-state index contributed by atoms with van der Waals surface area (Å²) in [5.41, 5.74) is 1.17. The zero-order valence-electron chi connectivity index (χ0n) is 14.0. The fourth-order valence-electron chi connectivity index (χ4n) is 2.08. The third-order valence-corrected chi connectivity index (χ3v) is 6.81. The van der Waals surface area contributed by atoms with Gasteiger partial charge < -0.3 is 4.74 Å². The van der Waals surface area contributed by atoms with E-state index in [1.54, 1.807) is 12.1 Å². The molecule has 0 amide bonds. The highest BCUT2D eigenvalue weighted by atomic mass is 32.2. The maximum Gasteiger partial charge on any atom is 0.263 e. The summed E-state index contributed by atoms with van der Waals surface area (Å²) < 4.78 is 33.4. The number of ether oxygens (including phenoxy) is 1. The number of thioether (sulfide) groups is 1. The van der Waals surface area contributed by atoms with Crippen LogP contribution in [0.2, 0.25) is 0 Å². The third-order valence-electron chi connectivity index (χ3n) is 3.28. The number of rotatable bonds is 8. The predicted molar refractivity (Wildman–Crippen MR) is 104 cm³/mol. The van der Waals surface area contributed by atoms with Gasteiger partial charge in [-0.1, -0.05) is 53.4 Å². The lowest BCUT2D eigenvalue weighted by atomic mass is 10.2. The van der Waals surface area contributed by atoms with Crippen LogP contribution in [0, 0.1) is 0 Å². The second-order valence-corrected chi connectivity index (χ2v) is 9.04. The third kappa shape index (κ3) is 4.96. The Balaban J connectivity index is 1.63. The molecular weight excluding hydrogens is 390 g/mol. The zero-order chi connectivity index (χ0) is 18.4. The minimum Gasteiger partial charge on any atom is -0.494 e. The van der Waals surface area contributed by atoms with E-state index >= 15 is 0 Å². The normalized spacial score (nSPS) is 11.3. The van der Waals surface area contributed by atoms with Crippen molar-refractivity contribution in [2.45, 2.75) is 21.9 Å². The van der Waals surface area contributed by atoms with Crippen LogP contribution < -0.4 is 9.46 Å². The van der Waals surface area contributed by atoms with Crippen LogP contribution >= 0.6 is 23.1 Å². The maximum atomic E-state index is 12.4. The van der Waals surface area contributed by atoms with Crippen molar-refractivity contribution in [2.24, 2.45) is 0 Å². The molecule has 9 heteroatoms. The van der Waals surface area contributed by atoms with Gasteiger partial charge in [-0.15, -0.1) is 10.2 Å². The summed E-state index contributed by atoms with van der Waals surface area (Å²) in [5, 5.41) is 8.20. The first kappa shape index (κ1) is 18.7. The SMILES string of the molecule is CCOc1ccc(S(=O)(=O)Nc2nnc(SCc3ccccc3)s2)cc1. The Morgan fingerprint density at radius 2 is 1.81 bits per heavy atom. The summed E-state index contributed by atoms with van der Waals surface area (Å²) in [5.74, 6) is 1.38. The van der Waals surface area contributed by atoms with Crippen molar-refractivity contribution in [3.63, 3.8) is 0 Å². The van der Waals surface area contributed by atoms with Crippen LogP contribution in [0.25, 0.3) is 0 Å². The number of nitrogens with zero attached hydrogens (tertiary/aromatic N) is 2. The topological polar surface area (TPSA) is 81.2 Å². The summed E-state index contributed by atoms with van der Waals surface area (Å²) in [6.45, 7) is 2.40. The van der Waals surface area contributed by atoms with E-state index in [0.717, 1.165) is 5.75 Å². The highest BCUT2D eigenvalue weighted by Crippen LogP contribution is 2.29. The van der Waals surface area contributed by atoms with Crippen molar-refractivity contribution in [3.8, 4) is 5.75 Å². The van der Waals surface area contributed by atoms with Crippen LogP contribution in [0.1, 0.15) is 12.5 Å². The number of anilines is 1. The lowest BCUT2D eigenvalue weighted by molar-refractivity contribution is 0.340. The molecule has 0 atom stereocenters. The Morgan fingerprint density at radius 3 is 2.50 bits per heavy atom. The van der Waals surface area contributed by atoms with Crippen molar-refractivity contribution >= 4 is 38.3 Å². The average molecular weight is 408 g/mol. The average Bonchev–Trinajstić information content (AvgIpc) is 3.08. The molecule has 0 fully saturated rings. The molecular formula is C17H17N3O3S3. The molecule has 0 aliphatic rings. The van der Waals surface area contributed by atoms with Gasteiger partial charge in [0.25, 0.3) is 10.0 Å². The molecule has 1 N–H and O–H groups in total. The Kier molecular flexibility index (Phi) is 6.12. The Hall–Kier alpha value is -2.10. The van der Waals surface area contributed by atoms with Crippen LogP contribution in [0.5, 0.6) is 5.75 Å². The van der Waals surface area contributed by atoms with Crippen molar-refractivity contribution < 1.29 is 13.2 Å². The summed E-state index contributed by atoms with van der Waals surface area (Å²) in [7, 11) is -3.71. The van der Waals surface area contributed by atoms with E-state index in [0.29, 0.717) is 16.7 Å². The number of hydrogen-bond acceptors (Lipinski definition) is 7. The Labute approximate surface area is 160 Å². The van der Waals surface area contributed by atoms with Crippen molar-refractivity contribution in [1.29, 1.82) is 0 Å². The zero-order valence-corrected chi connectivity index (χ0v) is 16.4. The van der Waals surface area contributed by atoms with Crippen LogP contribution in [0.15, 0.2) is 63.8 Å². The number of sulfonamides is 1. The number of aromatic nitrogens is 2. The summed E-state index contributed by atoms with van der Waals surface area (Å²) in [6.07, 6.45) is 0. The monoisotopic (exact) mass is 407 g/mol. The first-order chi connectivity index (χ1) is 12.6. The molecule has 0 spiro atoms. The van der Waals surface area contributed by atoms with Gasteiger partial charge in [0, 0.05) is 5.75 Å². The first-order valence-electron chi connectivity index (χ1n) is 7.83. The lowest BCUT2D eigenvalue weighted by Gasteiger charge is -2.06. The van der Waals surface area contributed by atoms with Gasteiger partial charge in [0.1, 0.15) is 5.75 Å². The summed E-state index contributed by atoms with van der Waals surface area (Å²) in [4.78, 5) is 0.148. The Bertz CT molecular complexity index is 942. The first-order valence-corrected chi connectivity index (χ1v) is 11.1. The van der Waals surface area contributed by atoms with Crippen molar-refractivity contribution in [3.05, 3.63) is 60.2 Å². The van der Waals surface area contributed by atoms with E-state index in [1.807, 2.05) is 37.3 Å². The number of benzene rings is 2. The van der Waals surface area contributed by atoms with E-state index in [9.17, 15) is 8.42 Å². The molecule has 0 saturated heterocycles. The molecule has 3 rings (SSSR count). The summed E-state index contributed by atoms with van der Waals surface area (Å²) in [6, 6.07) is 16.2. The van der Waals surface area contributed by atoms with Gasteiger partial charge in [0.05, 0.1) is 11.5 Å². The number of nitrogens with one attached hydrogen (secondary N) is 1. The largest absolute Gasteiger partial charge is 0.494 e. The Morgan fingerprint density at radius 1 is 1.08 bits per heavy atom. The van der Waals surface area contributed by atoms with Gasteiger partial charge in [-0.2, -0.15) is 0 Å².